The summed E-state index contributed by atoms with van der Waals surface area (Å²) in [4.78, 5) is 14.4. The predicted octanol–water partition coefficient (Wildman–Crippen LogP) is 2.31. The van der Waals surface area contributed by atoms with E-state index in [0.717, 1.165) is 35.2 Å². The molecule has 4 rings (SSSR count). The maximum Gasteiger partial charge on any atom is 0.451 e. The van der Waals surface area contributed by atoms with Gasteiger partial charge in [0.05, 0.1) is 6.54 Å². The van der Waals surface area contributed by atoms with Gasteiger partial charge in [-0.05, 0) is 30.5 Å². The highest BCUT2D eigenvalue weighted by Gasteiger charge is 2.40. The number of carbonyl (C=O) groups excluding carboxylic acids is 1. The maximum atomic E-state index is 12.9. The lowest BCUT2D eigenvalue weighted by Gasteiger charge is -2.29. The van der Waals surface area contributed by atoms with Gasteiger partial charge in [0.2, 0.25) is 5.82 Å². The SMILES string of the molecule is O=C(c1cccc2c1CCCN2)N1CCn2c(nnc2C(F)(F)F)C1. The van der Waals surface area contributed by atoms with Crippen LogP contribution >= 0.6 is 0 Å². The van der Waals surface area contributed by atoms with E-state index in [1.54, 1.807) is 6.07 Å². The Bertz CT molecular complexity index is 830. The minimum Gasteiger partial charge on any atom is -0.385 e. The number of nitrogens with one attached hydrogen (secondary N) is 1. The lowest BCUT2D eigenvalue weighted by atomic mass is 9.96. The lowest BCUT2D eigenvalue weighted by Crippen LogP contribution is -2.39. The number of rotatable bonds is 1. The molecule has 0 radical (unpaired) electrons. The van der Waals surface area contributed by atoms with Crippen molar-refractivity contribution in [3.05, 3.63) is 41.0 Å². The molecule has 6 nitrogen and oxygen atoms in total. The van der Waals surface area contributed by atoms with Gasteiger partial charge in [-0.25, -0.2) is 0 Å². The Morgan fingerprint density at radius 1 is 1.20 bits per heavy atom. The minimum absolute atomic E-state index is 0.0268. The van der Waals surface area contributed by atoms with Gasteiger partial charge in [-0.3, -0.25) is 4.79 Å². The highest BCUT2D eigenvalue weighted by Crippen LogP contribution is 2.30. The molecule has 2 aliphatic rings. The molecule has 25 heavy (non-hydrogen) atoms. The van der Waals surface area contributed by atoms with Crippen molar-refractivity contribution >= 4 is 11.6 Å². The molecule has 1 N–H and O–H groups in total. The first-order valence-corrected chi connectivity index (χ1v) is 8.09. The fourth-order valence-corrected chi connectivity index (χ4v) is 3.42. The second-order valence-electron chi connectivity index (χ2n) is 6.18. The monoisotopic (exact) mass is 351 g/mol. The first-order valence-electron chi connectivity index (χ1n) is 8.09. The van der Waals surface area contributed by atoms with E-state index in [1.165, 1.54) is 4.90 Å². The summed E-state index contributed by atoms with van der Waals surface area (Å²) in [6.07, 6.45) is -2.78. The molecule has 0 saturated carbocycles. The molecule has 0 atom stereocenters. The van der Waals surface area contributed by atoms with Crippen LogP contribution in [0.5, 0.6) is 0 Å². The summed E-state index contributed by atoms with van der Waals surface area (Å²) in [5, 5.41) is 10.1. The van der Waals surface area contributed by atoms with E-state index in [-0.39, 0.29) is 31.4 Å². The number of aromatic nitrogens is 3. The van der Waals surface area contributed by atoms with Gasteiger partial charge in [-0.15, -0.1) is 10.2 Å². The molecule has 1 amide bonds. The number of halogens is 3. The number of benzene rings is 1. The zero-order chi connectivity index (χ0) is 17.6. The van der Waals surface area contributed by atoms with Crippen LogP contribution in [0.15, 0.2) is 18.2 Å². The highest BCUT2D eigenvalue weighted by atomic mass is 19.4. The second-order valence-corrected chi connectivity index (χ2v) is 6.18. The first kappa shape index (κ1) is 15.9. The summed E-state index contributed by atoms with van der Waals surface area (Å²) in [7, 11) is 0. The van der Waals surface area contributed by atoms with Gasteiger partial charge in [0, 0.05) is 30.9 Å². The molecule has 0 bridgehead atoms. The molecule has 0 unspecified atom stereocenters. The fraction of sp³-hybridized carbons (Fsp3) is 0.438. The normalized spacial score (nSPS) is 16.8. The smallest absolute Gasteiger partial charge is 0.385 e. The van der Waals surface area contributed by atoms with Gasteiger partial charge < -0.3 is 14.8 Å². The Labute approximate surface area is 141 Å². The van der Waals surface area contributed by atoms with Crippen molar-refractivity contribution in [2.24, 2.45) is 0 Å². The van der Waals surface area contributed by atoms with Crippen molar-refractivity contribution in [1.82, 2.24) is 19.7 Å². The first-order chi connectivity index (χ1) is 11.9. The summed E-state index contributed by atoms with van der Waals surface area (Å²) >= 11 is 0. The van der Waals surface area contributed by atoms with Gasteiger partial charge in [0.25, 0.3) is 5.91 Å². The van der Waals surface area contributed by atoms with E-state index >= 15 is 0 Å². The molecule has 2 aliphatic heterocycles. The molecule has 9 heteroatoms. The molecule has 3 heterocycles. The van der Waals surface area contributed by atoms with Crippen molar-refractivity contribution in [1.29, 1.82) is 0 Å². The quantitative estimate of drug-likeness (QED) is 0.856. The van der Waals surface area contributed by atoms with Crippen LogP contribution in [0.3, 0.4) is 0 Å². The average molecular weight is 351 g/mol. The molecule has 2 aromatic rings. The van der Waals surface area contributed by atoms with Gasteiger partial charge in [-0.2, -0.15) is 13.2 Å². The molecule has 0 spiro atoms. The van der Waals surface area contributed by atoms with E-state index in [0.29, 0.717) is 5.56 Å². The van der Waals surface area contributed by atoms with E-state index in [1.807, 2.05) is 12.1 Å². The van der Waals surface area contributed by atoms with Crippen LogP contribution in [0.1, 0.15) is 34.0 Å². The predicted molar refractivity (Wildman–Crippen MR) is 83.0 cm³/mol. The van der Waals surface area contributed by atoms with Crippen LogP contribution in [-0.4, -0.2) is 38.7 Å². The molecular formula is C16H16F3N5O. The van der Waals surface area contributed by atoms with Crippen LogP contribution in [0, 0.1) is 0 Å². The van der Waals surface area contributed by atoms with E-state index in [9.17, 15) is 18.0 Å². The standard InChI is InChI=1S/C16H16F3N5O/c17-16(18,19)15-22-21-13-9-23(7-8-24(13)15)14(25)11-3-1-5-12-10(11)4-2-6-20-12/h1,3,5,20H,2,4,6-9H2. The van der Waals surface area contributed by atoms with Gasteiger partial charge in [-0.1, -0.05) is 6.07 Å². The van der Waals surface area contributed by atoms with Crippen molar-refractivity contribution in [2.45, 2.75) is 32.1 Å². The van der Waals surface area contributed by atoms with Gasteiger partial charge in [0.15, 0.2) is 5.82 Å². The number of anilines is 1. The van der Waals surface area contributed by atoms with Crippen molar-refractivity contribution in [2.75, 3.05) is 18.4 Å². The Kier molecular flexibility index (Phi) is 3.66. The van der Waals surface area contributed by atoms with Crippen LogP contribution in [0.4, 0.5) is 18.9 Å². The molecule has 0 fully saturated rings. The third-order valence-electron chi connectivity index (χ3n) is 4.62. The summed E-state index contributed by atoms with van der Waals surface area (Å²) in [6, 6.07) is 5.53. The number of carbonyl (C=O) groups is 1. The molecule has 0 saturated heterocycles. The number of alkyl halides is 3. The summed E-state index contributed by atoms with van der Waals surface area (Å²) < 4.78 is 39.8. The van der Waals surface area contributed by atoms with Crippen LogP contribution in [-0.2, 0) is 25.7 Å². The van der Waals surface area contributed by atoms with Crippen molar-refractivity contribution in [3.63, 3.8) is 0 Å². The molecular weight excluding hydrogens is 335 g/mol. The maximum absolute atomic E-state index is 12.9. The summed E-state index contributed by atoms with van der Waals surface area (Å²) in [5.74, 6) is -1.02. The Hall–Kier alpha value is -2.58. The number of fused-ring (bicyclic) bond motifs is 2. The average Bonchev–Trinajstić information content (AvgIpc) is 3.04. The van der Waals surface area contributed by atoms with E-state index in [2.05, 4.69) is 15.5 Å². The Morgan fingerprint density at radius 3 is 2.84 bits per heavy atom. The lowest BCUT2D eigenvalue weighted by molar-refractivity contribution is -0.147. The zero-order valence-electron chi connectivity index (χ0n) is 13.3. The highest BCUT2D eigenvalue weighted by molar-refractivity contribution is 5.97. The van der Waals surface area contributed by atoms with Gasteiger partial charge in [0.1, 0.15) is 0 Å². The van der Waals surface area contributed by atoms with Crippen LogP contribution < -0.4 is 5.32 Å². The number of hydrogen-bond donors (Lipinski definition) is 1. The van der Waals surface area contributed by atoms with E-state index < -0.39 is 12.0 Å². The largest absolute Gasteiger partial charge is 0.451 e. The minimum atomic E-state index is -4.54. The molecule has 1 aromatic heterocycles. The third-order valence-corrected chi connectivity index (χ3v) is 4.62. The van der Waals surface area contributed by atoms with Crippen LogP contribution in [0.25, 0.3) is 0 Å². The van der Waals surface area contributed by atoms with Gasteiger partial charge >= 0.3 is 6.18 Å². The number of hydrogen-bond acceptors (Lipinski definition) is 4. The topological polar surface area (TPSA) is 63.1 Å². The van der Waals surface area contributed by atoms with E-state index in [4.69, 9.17) is 0 Å². The van der Waals surface area contributed by atoms with Crippen molar-refractivity contribution < 1.29 is 18.0 Å². The van der Waals surface area contributed by atoms with Crippen molar-refractivity contribution in [3.8, 4) is 0 Å². The third kappa shape index (κ3) is 2.73. The molecule has 132 valence electrons. The fourth-order valence-electron chi connectivity index (χ4n) is 3.42. The molecule has 0 aliphatic carbocycles. The zero-order valence-corrected chi connectivity index (χ0v) is 13.3. The number of amides is 1. The second kappa shape index (κ2) is 5.75. The summed E-state index contributed by atoms with van der Waals surface area (Å²) in [6.45, 7) is 1.14. The Morgan fingerprint density at radius 2 is 2.04 bits per heavy atom. The number of nitrogens with zero attached hydrogens (tertiary/aromatic N) is 4. The van der Waals surface area contributed by atoms with Crippen LogP contribution in [0.2, 0.25) is 0 Å². The summed E-state index contributed by atoms with van der Waals surface area (Å²) in [5.41, 5.74) is 2.53. The Balaban J connectivity index is 1.60. The molecule has 1 aromatic carbocycles.